The number of pyridine rings is 1. The Morgan fingerprint density at radius 1 is 1.14 bits per heavy atom. The fourth-order valence-electron chi connectivity index (χ4n) is 5.22. The summed E-state index contributed by atoms with van der Waals surface area (Å²) < 4.78 is 16.1. The number of amides is 1. The van der Waals surface area contributed by atoms with Crippen LogP contribution in [-0.4, -0.2) is 47.9 Å². The van der Waals surface area contributed by atoms with Crippen LogP contribution in [0.25, 0.3) is 22.6 Å². The Labute approximate surface area is 213 Å². The number of fused-ring (bicyclic) bond motifs is 2. The Kier molecular flexibility index (Phi) is 5.63. The number of aliphatic hydroxyl groups is 1. The van der Waals surface area contributed by atoms with Crippen LogP contribution in [0.5, 0.6) is 0 Å². The van der Waals surface area contributed by atoms with Gasteiger partial charge in [0.2, 0.25) is 5.91 Å². The maximum Gasteiger partial charge on any atom is 0.235 e. The Hall–Kier alpha value is -3.92. The number of nitrogens with one attached hydrogen (secondary N) is 2. The summed E-state index contributed by atoms with van der Waals surface area (Å²) in [5.41, 5.74) is 1.50. The van der Waals surface area contributed by atoms with Gasteiger partial charge in [0, 0.05) is 17.8 Å². The monoisotopic (exact) mass is 501 g/mol. The van der Waals surface area contributed by atoms with Crippen LogP contribution >= 0.6 is 0 Å². The molecule has 6 rings (SSSR count). The zero-order valence-electron chi connectivity index (χ0n) is 20.7. The molecule has 1 amide bonds. The molecule has 9 nitrogen and oxygen atoms in total. The molecule has 37 heavy (non-hydrogen) atoms. The van der Waals surface area contributed by atoms with E-state index in [0.29, 0.717) is 34.4 Å². The normalized spacial score (nSPS) is 20.6. The highest BCUT2D eigenvalue weighted by Gasteiger charge is 2.43. The number of hydrogen-bond donors (Lipinski definition) is 3. The van der Waals surface area contributed by atoms with E-state index in [0.717, 1.165) is 36.6 Å². The largest absolute Gasteiger partial charge is 0.393 e. The van der Waals surface area contributed by atoms with Gasteiger partial charge in [-0.2, -0.15) is 5.10 Å². The number of nitrogens with zero attached hydrogens (tertiary/aromatic N) is 5. The van der Waals surface area contributed by atoms with Gasteiger partial charge in [-0.25, -0.2) is 24.0 Å². The van der Waals surface area contributed by atoms with E-state index in [9.17, 15) is 14.3 Å². The van der Waals surface area contributed by atoms with E-state index in [1.54, 1.807) is 29.1 Å². The van der Waals surface area contributed by atoms with E-state index in [1.807, 2.05) is 26.0 Å². The fourth-order valence-corrected chi connectivity index (χ4v) is 5.22. The van der Waals surface area contributed by atoms with Gasteiger partial charge in [0.1, 0.15) is 23.1 Å². The van der Waals surface area contributed by atoms with Crippen molar-refractivity contribution in [3.05, 3.63) is 59.5 Å². The van der Waals surface area contributed by atoms with Crippen LogP contribution in [0.4, 0.5) is 16.0 Å². The number of anilines is 2. The van der Waals surface area contributed by atoms with Crippen molar-refractivity contribution in [2.75, 3.05) is 10.6 Å². The average molecular weight is 502 g/mol. The van der Waals surface area contributed by atoms with Crippen molar-refractivity contribution in [2.24, 2.45) is 0 Å². The number of aliphatic hydroxyl groups excluding tert-OH is 1. The second-order valence-electron chi connectivity index (χ2n) is 10.3. The molecule has 1 fully saturated rings. The van der Waals surface area contributed by atoms with Gasteiger partial charge in [-0.05, 0) is 57.7 Å². The van der Waals surface area contributed by atoms with Gasteiger partial charge < -0.3 is 15.7 Å². The standard InChI is InChI=1S/C27H28FN7O2/c1-27(2)20-22(30-16-9-11-17(36)12-10-16)31-24(32-23(20)33-26(27)37)21-18-7-5-13-29-25(18)35(34-21)14-15-6-3-4-8-19(15)28/h3-8,13,16-17,36H,9-12,14H2,1-2H3,(H2,30,31,32,33,37)/t16-,17-. The highest BCUT2D eigenvalue weighted by Crippen LogP contribution is 2.42. The molecule has 1 aliphatic carbocycles. The van der Waals surface area contributed by atoms with E-state index in [4.69, 9.17) is 15.1 Å². The van der Waals surface area contributed by atoms with Gasteiger partial charge in [-0.1, -0.05) is 18.2 Å². The molecule has 3 aromatic heterocycles. The number of carbonyl (C=O) groups is 1. The first-order valence-corrected chi connectivity index (χ1v) is 12.5. The molecule has 10 heteroatoms. The van der Waals surface area contributed by atoms with E-state index in [1.165, 1.54) is 6.07 Å². The van der Waals surface area contributed by atoms with Gasteiger partial charge in [0.15, 0.2) is 11.5 Å². The molecular formula is C27H28FN7O2. The molecular weight excluding hydrogens is 473 g/mol. The number of benzene rings is 1. The van der Waals surface area contributed by atoms with Crippen LogP contribution < -0.4 is 10.6 Å². The minimum absolute atomic E-state index is 0.124. The molecule has 4 heterocycles. The van der Waals surface area contributed by atoms with Gasteiger partial charge in [-0.15, -0.1) is 0 Å². The summed E-state index contributed by atoms with van der Waals surface area (Å²) in [7, 11) is 0. The Balaban J connectivity index is 1.46. The molecule has 0 unspecified atom stereocenters. The number of carbonyl (C=O) groups excluding carboxylic acids is 1. The van der Waals surface area contributed by atoms with E-state index < -0.39 is 5.41 Å². The van der Waals surface area contributed by atoms with Gasteiger partial charge in [-0.3, -0.25) is 4.79 Å². The smallest absolute Gasteiger partial charge is 0.235 e. The fraction of sp³-hybridized carbons (Fsp3) is 0.370. The van der Waals surface area contributed by atoms with Crippen LogP contribution in [0.2, 0.25) is 0 Å². The molecule has 0 spiro atoms. The van der Waals surface area contributed by atoms with E-state index in [-0.39, 0.29) is 30.4 Å². The average Bonchev–Trinajstić information content (AvgIpc) is 3.36. The molecule has 0 radical (unpaired) electrons. The summed E-state index contributed by atoms with van der Waals surface area (Å²) in [5.74, 6) is 0.934. The third-order valence-electron chi connectivity index (χ3n) is 7.37. The first-order valence-electron chi connectivity index (χ1n) is 12.5. The zero-order valence-corrected chi connectivity index (χ0v) is 20.7. The molecule has 2 aliphatic rings. The molecule has 1 aliphatic heterocycles. The van der Waals surface area contributed by atoms with E-state index in [2.05, 4.69) is 15.6 Å². The van der Waals surface area contributed by atoms with Crippen molar-refractivity contribution in [3.8, 4) is 11.5 Å². The Morgan fingerprint density at radius 3 is 2.70 bits per heavy atom. The van der Waals surface area contributed by atoms with Crippen LogP contribution in [0, 0.1) is 5.82 Å². The number of hydrogen-bond acceptors (Lipinski definition) is 7. The highest BCUT2D eigenvalue weighted by atomic mass is 19.1. The summed E-state index contributed by atoms with van der Waals surface area (Å²) in [4.78, 5) is 26.9. The molecule has 190 valence electrons. The molecule has 1 aromatic carbocycles. The summed E-state index contributed by atoms with van der Waals surface area (Å²) in [6, 6.07) is 10.4. The molecule has 0 saturated heterocycles. The first-order chi connectivity index (χ1) is 17.8. The maximum atomic E-state index is 14.4. The van der Waals surface area contributed by atoms with Crippen molar-refractivity contribution >= 4 is 28.6 Å². The minimum atomic E-state index is -0.807. The SMILES string of the molecule is CC1(C)C(=O)Nc2nc(-c3nn(Cc4ccccc4F)c4ncccc34)nc(N[C@H]3CC[C@H](O)CC3)c21. The Bertz CT molecular complexity index is 1510. The number of aromatic nitrogens is 5. The first kappa shape index (κ1) is 23.5. The second-order valence-corrected chi connectivity index (χ2v) is 10.3. The van der Waals surface area contributed by atoms with Crippen molar-refractivity contribution in [1.82, 2.24) is 24.7 Å². The van der Waals surface area contributed by atoms with Crippen molar-refractivity contribution in [3.63, 3.8) is 0 Å². The van der Waals surface area contributed by atoms with Crippen LogP contribution in [0.15, 0.2) is 42.6 Å². The topological polar surface area (TPSA) is 118 Å². The van der Waals surface area contributed by atoms with E-state index >= 15 is 0 Å². The van der Waals surface area contributed by atoms with Gasteiger partial charge >= 0.3 is 0 Å². The summed E-state index contributed by atoms with van der Waals surface area (Å²) in [6.45, 7) is 3.91. The van der Waals surface area contributed by atoms with Crippen molar-refractivity contribution in [2.45, 2.75) is 63.6 Å². The van der Waals surface area contributed by atoms with Crippen molar-refractivity contribution < 1.29 is 14.3 Å². The number of halogens is 1. The molecule has 3 N–H and O–H groups in total. The lowest BCUT2D eigenvalue weighted by atomic mass is 9.86. The summed E-state index contributed by atoms with van der Waals surface area (Å²) >= 11 is 0. The molecule has 1 saturated carbocycles. The lowest BCUT2D eigenvalue weighted by Gasteiger charge is -2.28. The van der Waals surface area contributed by atoms with Crippen molar-refractivity contribution in [1.29, 1.82) is 0 Å². The number of rotatable bonds is 5. The lowest BCUT2D eigenvalue weighted by Crippen LogP contribution is -2.31. The maximum absolute atomic E-state index is 14.4. The van der Waals surface area contributed by atoms with Crippen LogP contribution in [-0.2, 0) is 16.8 Å². The molecule has 0 bridgehead atoms. The summed E-state index contributed by atoms with van der Waals surface area (Å²) in [6.07, 6.45) is 4.44. The van der Waals surface area contributed by atoms with Crippen LogP contribution in [0.1, 0.15) is 50.7 Å². The Morgan fingerprint density at radius 2 is 1.92 bits per heavy atom. The third kappa shape index (κ3) is 4.11. The predicted molar refractivity (Wildman–Crippen MR) is 138 cm³/mol. The second kappa shape index (κ2) is 8.88. The van der Waals surface area contributed by atoms with Gasteiger partial charge in [0.05, 0.1) is 29.0 Å². The molecule has 4 aromatic rings. The summed E-state index contributed by atoms with van der Waals surface area (Å²) in [5, 5.41) is 21.9. The van der Waals surface area contributed by atoms with Gasteiger partial charge in [0.25, 0.3) is 0 Å². The minimum Gasteiger partial charge on any atom is -0.393 e. The quantitative estimate of drug-likeness (QED) is 0.378. The lowest BCUT2D eigenvalue weighted by molar-refractivity contribution is -0.119. The highest BCUT2D eigenvalue weighted by molar-refractivity contribution is 6.06. The predicted octanol–water partition coefficient (Wildman–Crippen LogP) is 4.02. The third-order valence-corrected chi connectivity index (χ3v) is 7.37. The van der Waals surface area contributed by atoms with Crippen LogP contribution in [0.3, 0.4) is 0 Å². The zero-order chi connectivity index (χ0) is 25.7. The molecule has 0 atom stereocenters.